The number of epoxide rings is 1. The van der Waals surface area contributed by atoms with Crippen molar-refractivity contribution >= 4 is 0 Å². The Bertz CT molecular complexity index is 113. The molecule has 3 nitrogen and oxygen atoms in total. The van der Waals surface area contributed by atoms with Gasteiger partial charge in [0.25, 0.3) is 0 Å². The number of aliphatic hydroxyl groups is 1. The van der Waals surface area contributed by atoms with Gasteiger partial charge in [-0.2, -0.15) is 0 Å². The molecule has 0 bridgehead atoms. The third-order valence-electron chi connectivity index (χ3n) is 2.08. The topological polar surface area (TPSA) is 36.0 Å². The SMILES string of the molecule is CCN(CCC1CO1)C(C)O. The Labute approximate surface area is 68.0 Å². The van der Waals surface area contributed by atoms with E-state index in [0.717, 1.165) is 26.1 Å². The summed E-state index contributed by atoms with van der Waals surface area (Å²) in [5.41, 5.74) is 0. The molecule has 1 aliphatic heterocycles. The lowest BCUT2D eigenvalue weighted by Crippen LogP contribution is -2.33. The molecule has 2 atom stereocenters. The second-order valence-corrected chi connectivity index (χ2v) is 3.00. The summed E-state index contributed by atoms with van der Waals surface area (Å²) in [6.07, 6.45) is 1.21. The molecule has 0 aromatic carbocycles. The van der Waals surface area contributed by atoms with Gasteiger partial charge in [0.1, 0.15) is 6.23 Å². The molecule has 0 aromatic rings. The van der Waals surface area contributed by atoms with Crippen LogP contribution >= 0.6 is 0 Å². The molecule has 1 saturated heterocycles. The molecule has 0 spiro atoms. The molecule has 2 unspecified atom stereocenters. The zero-order valence-electron chi connectivity index (χ0n) is 7.29. The predicted octanol–water partition coefficient (Wildman–Crippen LogP) is 0.435. The van der Waals surface area contributed by atoms with E-state index in [1.54, 1.807) is 6.92 Å². The van der Waals surface area contributed by atoms with E-state index in [1.807, 2.05) is 4.90 Å². The van der Waals surface area contributed by atoms with E-state index in [9.17, 15) is 5.11 Å². The first-order chi connectivity index (χ1) is 5.24. The molecule has 0 aliphatic carbocycles. The van der Waals surface area contributed by atoms with Crippen LogP contribution in [0.1, 0.15) is 20.3 Å². The Morgan fingerprint density at radius 3 is 2.73 bits per heavy atom. The van der Waals surface area contributed by atoms with E-state index in [2.05, 4.69) is 6.92 Å². The van der Waals surface area contributed by atoms with Crippen LogP contribution in [0.4, 0.5) is 0 Å². The number of ether oxygens (including phenoxy) is 1. The van der Waals surface area contributed by atoms with Crippen molar-refractivity contribution in [3.05, 3.63) is 0 Å². The van der Waals surface area contributed by atoms with E-state index in [0.29, 0.717) is 6.10 Å². The predicted molar refractivity (Wildman–Crippen MR) is 43.3 cm³/mol. The first-order valence-corrected chi connectivity index (χ1v) is 4.27. The Kier molecular flexibility index (Phi) is 3.30. The Morgan fingerprint density at radius 1 is 1.73 bits per heavy atom. The number of aliphatic hydroxyl groups excluding tert-OH is 1. The maximum atomic E-state index is 9.23. The number of hydrogen-bond acceptors (Lipinski definition) is 3. The average molecular weight is 159 g/mol. The number of hydrogen-bond donors (Lipinski definition) is 1. The highest BCUT2D eigenvalue weighted by molar-refractivity contribution is 4.71. The highest BCUT2D eigenvalue weighted by Crippen LogP contribution is 2.14. The van der Waals surface area contributed by atoms with Crippen LogP contribution in [0.5, 0.6) is 0 Å². The normalized spacial score (nSPS) is 25.6. The molecule has 0 aromatic heterocycles. The highest BCUT2D eigenvalue weighted by atomic mass is 16.6. The largest absolute Gasteiger partial charge is 0.379 e. The lowest BCUT2D eigenvalue weighted by molar-refractivity contribution is 0.0206. The van der Waals surface area contributed by atoms with Crippen LogP contribution in [0.15, 0.2) is 0 Å². The average Bonchev–Trinajstić information content (AvgIpc) is 2.72. The molecule has 66 valence electrons. The number of nitrogens with zero attached hydrogens (tertiary/aromatic N) is 1. The van der Waals surface area contributed by atoms with Crippen molar-refractivity contribution in [2.45, 2.75) is 32.6 Å². The van der Waals surface area contributed by atoms with E-state index < -0.39 is 0 Å². The van der Waals surface area contributed by atoms with Crippen molar-refractivity contribution in [3.63, 3.8) is 0 Å². The van der Waals surface area contributed by atoms with Gasteiger partial charge in [0, 0.05) is 6.54 Å². The van der Waals surface area contributed by atoms with Crippen LogP contribution in [-0.2, 0) is 4.74 Å². The van der Waals surface area contributed by atoms with E-state index in [1.165, 1.54) is 0 Å². The van der Waals surface area contributed by atoms with Crippen LogP contribution in [-0.4, -0.2) is 42.0 Å². The Morgan fingerprint density at radius 2 is 2.36 bits per heavy atom. The summed E-state index contributed by atoms with van der Waals surface area (Å²) >= 11 is 0. The van der Waals surface area contributed by atoms with E-state index >= 15 is 0 Å². The number of rotatable bonds is 5. The van der Waals surface area contributed by atoms with Gasteiger partial charge in [0.05, 0.1) is 12.7 Å². The lowest BCUT2D eigenvalue weighted by atomic mass is 10.3. The minimum Gasteiger partial charge on any atom is -0.379 e. The third kappa shape index (κ3) is 3.18. The molecule has 3 heteroatoms. The van der Waals surface area contributed by atoms with Crippen molar-refractivity contribution in [2.75, 3.05) is 19.7 Å². The summed E-state index contributed by atoms with van der Waals surface area (Å²) in [6.45, 7) is 6.62. The first kappa shape index (κ1) is 8.97. The Balaban J connectivity index is 2.08. The quantitative estimate of drug-likeness (QED) is 0.467. The van der Waals surface area contributed by atoms with Crippen LogP contribution in [0.2, 0.25) is 0 Å². The third-order valence-corrected chi connectivity index (χ3v) is 2.08. The van der Waals surface area contributed by atoms with Gasteiger partial charge in [0.2, 0.25) is 0 Å². The van der Waals surface area contributed by atoms with Crippen molar-refractivity contribution in [2.24, 2.45) is 0 Å². The molecule has 1 N–H and O–H groups in total. The summed E-state index contributed by atoms with van der Waals surface area (Å²) in [4.78, 5) is 2.03. The van der Waals surface area contributed by atoms with Crippen LogP contribution in [0, 0.1) is 0 Å². The minimum atomic E-state index is -0.321. The molecular weight excluding hydrogens is 142 g/mol. The second kappa shape index (κ2) is 4.04. The molecule has 1 fully saturated rings. The van der Waals surface area contributed by atoms with Crippen LogP contribution in [0.25, 0.3) is 0 Å². The summed E-state index contributed by atoms with van der Waals surface area (Å²) in [7, 11) is 0. The van der Waals surface area contributed by atoms with Gasteiger partial charge < -0.3 is 9.84 Å². The van der Waals surface area contributed by atoms with Crippen molar-refractivity contribution in [1.29, 1.82) is 0 Å². The summed E-state index contributed by atoms with van der Waals surface area (Å²) in [5.74, 6) is 0. The van der Waals surface area contributed by atoms with E-state index in [4.69, 9.17) is 4.74 Å². The fourth-order valence-electron chi connectivity index (χ4n) is 1.15. The summed E-state index contributed by atoms with van der Waals surface area (Å²) in [6, 6.07) is 0. The van der Waals surface area contributed by atoms with Crippen LogP contribution in [0.3, 0.4) is 0 Å². The van der Waals surface area contributed by atoms with Gasteiger partial charge in [-0.1, -0.05) is 6.92 Å². The maximum absolute atomic E-state index is 9.23. The molecule has 11 heavy (non-hydrogen) atoms. The maximum Gasteiger partial charge on any atom is 0.104 e. The lowest BCUT2D eigenvalue weighted by Gasteiger charge is -2.22. The van der Waals surface area contributed by atoms with Gasteiger partial charge in [-0.05, 0) is 19.9 Å². The van der Waals surface area contributed by atoms with Crippen molar-refractivity contribution in [3.8, 4) is 0 Å². The van der Waals surface area contributed by atoms with Crippen LogP contribution < -0.4 is 0 Å². The highest BCUT2D eigenvalue weighted by Gasteiger charge is 2.23. The minimum absolute atomic E-state index is 0.321. The monoisotopic (exact) mass is 159 g/mol. The molecular formula is C8H17NO2. The van der Waals surface area contributed by atoms with Crippen molar-refractivity contribution in [1.82, 2.24) is 4.90 Å². The fourth-order valence-corrected chi connectivity index (χ4v) is 1.15. The van der Waals surface area contributed by atoms with E-state index in [-0.39, 0.29) is 6.23 Å². The first-order valence-electron chi connectivity index (χ1n) is 4.27. The second-order valence-electron chi connectivity index (χ2n) is 3.00. The van der Waals surface area contributed by atoms with Gasteiger partial charge in [-0.3, -0.25) is 4.90 Å². The standard InChI is InChI=1S/C8H17NO2/c1-3-9(7(2)10)5-4-8-6-11-8/h7-8,10H,3-6H2,1-2H3. The molecule has 0 amide bonds. The van der Waals surface area contributed by atoms with Crippen molar-refractivity contribution < 1.29 is 9.84 Å². The zero-order chi connectivity index (χ0) is 8.27. The molecule has 0 saturated carbocycles. The van der Waals surface area contributed by atoms with Gasteiger partial charge in [-0.15, -0.1) is 0 Å². The molecule has 1 rings (SSSR count). The van der Waals surface area contributed by atoms with Gasteiger partial charge >= 0.3 is 0 Å². The molecule has 1 heterocycles. The fraction of sp³-hybridized carbons (Fsp3) is 1.00. The molecule has 0 radical (unpaired) electrons. The Hall–Kier alpha value is -0.120. The summed E-state index contributed by atoms with van der Waals surface area (Å²) < 4.78 is 5.07. The van der Waals surface area contributed by atoms with Gasteiger partial charge in [0.15, 0.2) is 0 Å². The smallest absolute Gasteiger partial charge is 0.104 e. The molecule has 1 aliphatic rings. The summed E-state index contributed by atoms with van der Waals surface area (Å²) in [5, 5.41) is 9.23. The van der Waals surface area contributed by atoms with Gasteiger partial charge in [-0.25, -0.2) is 0 Å². The zero-order valence-corrected chi connectivity index (χ0v) is 7.29.